The lowest BCUT2D eigenvalue weighted by Crippen LogP contribution is -2.26. The minimum absolute atomic E-state index is 0.631. The zero-order valence-electron chi connectivity index (χ0n) is 10.7. The third-order valence-corrected chi connectivity index (χ3v) is 3.47. The fourth-order valence-corrected chi connectivity index (χ4v) is 2.45. The molecule has 0 unspecified atom stereocenters. The number of anilines is 1. The maximum Gasteiger partial charge on any atom is 0.129 e. The average Bonchev–Trinajstić information content (AvgIpc) is 2.38. The molecule has 0 saturated heterocycles. The Morgan fingerprint density at radius 2 is 2.35 bits per heavy atom. The van der Waals surface area contributed by atoms with Crippen LogP contribution in [-0.4, -0.2) is 24.6 Å². The molecule has 3 heteroatoms. The van der Waals surface area contributed by atoms with Gasteiger partial charge in [0.15, 0.2) is 0 Å². The number of nitrogens with zero attached hydrogens (tertiary/aromatic N) is 1. The molecule has 1 atom stereocenters. The highest BCUT2D eigenvalue weighted by Crippen LogP contribution is 2.24. The van der Waals surface area contributed by atoms with Gasteiger partial charge in [-0.05, 0) is 50.9 Å². The Hall–Kier alpha value is -1.09. The highest BCUT2D eigenvalue weighted by molar-refractivity contribution is 5.46. The summed E-state index contributed by atoms with van der Waals surface area (Å²) in [6, 6.07) is 4.84. The van der Waals surface area contributed by atoms with E-state index in [-0.39, 0.29) is 0 Å². The van der Waals surface area contributed by atoms with E-state index in [9.17, 15) is 0 Å². The van der Waals surface area contributed by atoms with Crippen molar-refractivity contribution >= 4 is 5.82 Å². The molecule has 1 aromatic heterocycles. The molecule has 2 heterocycles. The fourth-order valence-electron chi connectivity index (χ4n) is 2.45. The molecule has 1 aliphatic heterocycles. The second kappa shape index (κ2) is 6.60. The van der Waals surface area contributed by atoms with Crippen LogP contribution in [0, 0.1) is 0 Å². The van der Waals surface area contributed by atoms with Crippen LogP contribution in [0.15, 0.2) is 18.3 Å². The Balaban J connectivity index is 1.71. The number of hydrogen-bond acceptors (Lipinski definition) is 3. The van der Waals surface area contributed by atoms with Crippen LogP contribution < -0.4 is 10.6 Å². The topological polar surface area (TPSA) is 37.0 Å². The first-order valence-corrected chi connectivity index (χ1v) is 6.75. The summed E-state index contributed by atoms with van der Waals surface area (Å²) >= 11 is 0. The molecule has 17 heavy (non-hydrogen) atoms. The number of rotatable bonds is 6. The van der Waals surface area contributed by atoms with Gasteiger partial charge in [0.1, 0.15) is 5.82 Å². The van der Waals surface area contributed by atoms with Gasteiger partial charge < -0.3 is 10.6 Å². The van der Waals surface area contributed by atoms with Crippen molar-refractivity contribution in [2.45, 2.75) is 44.6 Å². The van der Waals surface area contributed by atoms with Crippen molar-refractivity contribution in [2.75, 3.05) is 18.9 Å². The molecule has 2 rings (SSSR count). The lowest BCUT2D eigenvalue weighted by atomic mass is 9.97. The molecule has 0 bridgehead atoms. The molecule has 1 aromatic rings. The second-order valence-corrected chi connectivity index (χ2v) is 4.84. The zero-order chi connectivity index (χ0) is 11.9. The quantitative estimate of drug-likeness (QED) is 0.742. The average molecular weight is 233 g/mol. The van der Waals surface area contributed by atoms with Crippen LogP contribution in [0.2, 0.25) is 0 Å². The first kappa shape index (κ1) is 12.4. The summed E-state index contributed by atoms with van der Waals surface area (Å²) in [6.07, 6.45) is 9.52. The molecule has 0 radical (unpaired) electrons. The van der Waals surface area contributed by atoms with Crippen LogP contribution >= 0.6 is 0 Å². The van der Waals surface area contributed by atoms with Gasteiger partial charge >= 0.3 is 0 Å². The minimum Gasteiger partial charge on any atom is -0.367 e. The van der Waals surface area contributed by atoms with Crippen molar-refractivity contribution < 1.29 is 0 Å². The zero-order valence-corrected chi connectivity index (χ0v) is 10.7. The molecule has 0 aliphatic carbocycles. The number of aryl methyl sites for hydroxylation is 1. The van der Waals surface area contributed by atoms with E-state index in [4.69, 9.17) is 0 Å². The number of fused-ring (bicyclic) bond motifs is 1. The van der Waals surface area contributed by atoms with E-state index in [1.807, 2.05) is 19.3 Å². The van der Waals surface area contributed by atoms with Crippen LogP contribution in [0.5, 0.6) is 0 Å². The van der Waals surface area contributed by atoms with Crippen molar-refractivity contribution in [1.29, 1.82) is 0 Å². The van der Waals surface area contributed by atoms with Gasteiger partial charge in [0.2, 0.25) is 0 Å². The number of hydrogen-bond donors (Lipinski definition) is 2. The molecule has 94 valence electrons. The van der Waals surface area contributed by atoms with E-state index in [1.165, 1.54) is 44.1 Å². The summed E-state index contributed by atoms with van der Waals surface area (Å²) in [6.45, 7) is 1.14. The molecule has 0 amide bonds. The van der Waals surface area contributed by atoms with E-state index in [0.717, 1.165) is 12.4 Å². The van der Waals surface area contributed by atoms with Crippen LogP contribution in [0.3, 0.4) is 0 Å². The number of nitrogens with one attached hydrogen (secondary N) is 2. The number of aromatic nitrogens is 1. The van der Waals surface area contributed by atoms with Gasteiger partial charge in [-0.3, -0.25) is 0 Å². The monoisotopic (exact) mass is 233 g/mol. The number of pyridine rings is 1. The smallest absolute Gasteiger partial charge is 0.129 e. The standard InChI is InChI=1S/C14H23N3/c1-15-10-4-2-3-7-13-9-8-12-6-5-11-16-14(12)17-13/h5-6,11,13,15H,2-4,7-10H2,1H3,(H,16,17)/t13-/m1/s1. The van der Waals surface area contributed by atoms with Crippen molar-refractivity contribution in [1.82, 2.24) is 10.3 Å². The summed E-state index contributed by atoms with van der Waals surface area (Å²) in [5, 5.41) is 6.75. The maximum atomic E-state index is 4.41. The van der Waals surface area contributed by atoms with E-state index in [1.54, 1.807) is 0 Å². The van der Waals surface area contributed by atoms with Crippen LogP contribution in [0.25, 0.3) is 0 Å². The van der Waals surface area contributed by atoms with Gasteiger partial charge in [-0.15, -0.1) is 0 Å². The minimum atomic E-state index is 0.631. The maximum absolute atomic E-state index is 4.41. The fraction of sp³-hybridized carbons (Fsp3) is 0.643. The van der Waals surface area contributed by atoms with Crippen LogP contribution in [0.4, 0.5) is 5.82 Å². The predicted molar refractivity (Wildman–Crippen MR) is 72.4 cm³/mol. The Labute approximate surface area is 104 Å². The summed E-state index contributed by atoms with van der Waals surface area (Å²) in [4.78, 5) is 4.41. The number of unbranched alkanes of at least 4 members (excludes halogenated alkanes) is 2. The highest BCUT2D eigenvalue weighted by Gasteiger charge is 2.17. The molecule has 0 fully saturated rings. The van der Waals surface area contributed by atoms with Gasteiger partial charge in [-0.2, -0.15) is 0 Å². The lowest BCUT2D eigenvalue weighted by Gasteiger charge is -2.25. The van der Waals surface area contributed by atoms with E-state index in [2.05, 4.69) is 21.7 Å². The summed E-state index contributed by atoms with van der Waals surface area (Å²) in [5.41, 5.74) is 1.37. The molecule has 0 aromatic carbocycles. The van der Waals surface area contributed by atoms with Gasteiger partial charge in [-0.1, -0.05) is 18.9 Å². The van der Waals surface area contributed by atoms with Gasteiger partial charge in [0.25, 0.3) is 0 Å². The molecule has 0 spiro atoms. The second-order valence-electron chi connectivity index (χ2n) is 4.84. The predicted octanol–water partition coefficient (Wildman–Crippen LogP) is 2.59. The summed E-state index contributed by atoms with van der Waals surface area (Å²) < 4.78 is 0. The molecule has 2 N–H and O–H groups in total. The summed E-state index contributed by atoms with van der Waals surface area (Å²) in [5.74, 6) is 1.11. The molecule has 3 nitrogen and oxygen atoms in total. The van der Waals surface area contributed by atoms with E-state index in [0.29, 0.717) is 6.04 Å². The lowest BCUT2D eigenvalue weighted by molar-refractivity contribution is 0.531. The molecule has 0 saturated carbocycles. The van der Waals surface area contributed by atoms with Gasteiger partial charge in [0.05, 0.1) is 0 Å². The Morgan fingerprint density at radius 1 is 1.41 bits per heavy atom. The molecular weight excluding hydrogens is 210 g/mol. The van der Waals surface area contributed by atoms with Crippen molar-refractivity contribution in [2.24, 2.45) is 0 Å². The van der Waals surface area contributed by atoms with E-state index < -0.39 is 0 Å². The Morgan fingerprint density at radius 3 is 3.24 bits per heavy atom. The van der Waals surface area contributed by atoms with Crippen LogP contribution in [0.1, 0.15) is 37.7 Å². The third kappa shape index (κ3) is 3.70. The SMILES string of the molecule is CNCCCCC[C@@H]1CCc2cccnc2N1. The van der Waals surface area contributed by atoms with Gasteiger partial charge in [-0.25, -0.2) is 4.98 Å². The molecular formula is C14H23N3. The summed E-state index contributed by atoms with van der Waals surface area (Å²) in [7, 11) is 2.02. The normalized spacial score (nSPS) is 18.5. The van der Waals surface area contributed by atoms with Crippen LogP contribution in [-0.2, 0) is 6.42 Å². The first-order valence-electron chi connectivity index (χ1n) is 6.75. The van der Waals surface area contributed by atoms with Crippen molar-refractivity contribution in [3.63, 3.8) is 0 Å². The Kier molecular flexibility index (Phi) is 4.80. The van der Waals surface area contributed by atoms with Crippen molar-refractivity contribution in [3.05, 3.63) is 23.9 Å². The van der Waals surface area contributed by atoms with Gasteiger partial charge in [0, 0.05) is 12.2 Å². The Bertz CT molecular complexity index is 338. The van der Waals surface area contributed by atoms with Crippen molar-refractivity contribution in [3.8, 4) is 0 Å². The highest BCUT2D eigenvalue weighted by atomic mass is 15.0. The largest absolute Gasteiger partial charge is 0.367 e. The molecule has 1 aliphatic rings. The first-order chi connectivity index (χ1) is 8.40. The third-order valence-electron chi connectivity index (χ3n) is 3.47. The van der Waals surface area contributed by atoms with E-state index >= 15 is 0 Å².